The maximum Gasteiger partial charge on any atom is 0.358 e. The van der Waals surface area contributed by atoms with E-state index in [0.717, 1.165) is 12.8 Å². The van der Waals surface area contributed by atoms with Crippen molar-refractivity contribution < 1.29 is 14.4 Å². The van der Waals surface area contributed by atoms with Gasteiger partial charge >= 0.3 is 5.97 Å². The van der Waals surface area contributed by atoms with Gasteiger partial charge in [0.2, 0.25) is 0 Å². The van der Waals surface area contributed by atoms with Crippen LogP contribution in [0.25, 0.3) is 0 Å². The third kappa shape index (κ3) is 2.37. The van der Waals surface area contributed by atoms with Gasteiger partial charge in [0.1, 0.15) is 0 Å². The van der Waals surface area contributed by atoms with Gasteiger partial charge in [0.05, 0.1) is 6.54 Å². The van der Waals surface area contributed by atoms with Gasteiger partial charge in [-0.2, -0.15) is 0 Å². The lowest BCUT2D eigenvalue weighted by molar-refractivity contribution is 0.0685. The largest absolute Gasteiger partial charge is 0.476 e. The Labute approximate surface area is 110 Å². The van der Waals surface area contributed by atoms with E-state index in [-0.39, 0.29) is 5.69 Å². The molecule has 0 fully saturated rings. The summed E-state index contributed by atoms with van der Waals surface area (Å²) in [6, 6.07) is 10.1. The van der Waals surface area contributed by atoms with E-state index in [1.807, 2.05) is 6.07 Å². The minimum absolute atomic E-state index is 0.0522. The van der Waals surface area contributed by atoms with Crippen LogP contribution in [-0.4, -0.2) is 16.2 Å². The fourth-order valence-electron chi connectivity index (χ4n) is 2.49. The number of aryl methyl sites for hydroxylation is 1. The first-order valence-electron chi connectivity index (χ1n) is 6.24. The van der Waals surface area contributed by atoms with Gasteiger partial charge in [-0.05, 0) is 24.0 Å². The van der Waals surface area contributed by atoms with Crippen molar-refractivity contribution in [3.63, 3.8) is 0 Å². The summed E-state index contributed by atoms with van der Waals surface area (Å²) in [5.74, 6) is -0.525. The molecule has 1 atom stereocenters. The highest BCUT2D eigenvalue weighted by Crippen LogP contribution is 2.30. The highest BCUT2D eigenvalue weighted by molar-refractivity contribution is 5.85. The van der Waals surface area contributed by atoms with Crippen molar-refractivity contribution in [3.05, 3.63) is 52.9 Å². The van der Waals surface area contributed by atoms with Crippen LogP contribution in [0.3, 0.4) is 0 Å². The Hall–Kier alpha value is -2.14. The standard InChI is InChI=1S/C14H14N2O3/c17-14(18)13-7-10(19-16-13)8-15-12-6-5-9-3-1-2-4-11(9)12/h1-4,7,12,15H,5-6,8H2,(H,17,18). The van der Waals surface area contributed by atoms with Gasteiger partial charge in [-0.3, -0.25) is 0 Å². The van der Waals surface area contributed by atoms with Gasteiger partial charge in [0, 0.05) is 12.1 Å². The van der Waals surface area contributed by atoms with Gasteiger partial charge in [-0.25, -0.2) is 4.79 Å². The molecule has 3 rings (SSSR count). The summed E-state index contributed by atoms with van der Waals surface area (Å²) >= 11 is 0. The van der Waals surface area contributed by atoms with Crippen LogP contribution in [-0.2, 0) is 13.0 Å². The number of carbonyl (C=O) groups is 1. The number of nitrogens with zero attached hydrogens (tertiary/aromatic N) is 1. The van der Waals surface area contributed by atoms with E-state index in [9.17, 15) is 4.79 Å². The molecule has 0 amide bonds. The van der Waals surface area contributed by atoms with E-state index in [4.69, 9.17) is 9.63 Å². The second-order valence-corrected chi connectivity index (χ2v) is 4.65. The van der Waals surface area contributed by atoms with E-state index in [2.05, 4.69) is 28.7 Å². The van der Waals surface area contributed by atoms with Crippen molar-refractivity contribution in [3.8, 4) is 0 Å². The number of aromatic carboxylic acids is 1. The smallest absolute Gasteiger partial charge is 0.358 e. The van der Waals surface area contributed by atoms with Crippen LogP contribution in [0.5, 0.6) is 0 Å². The van der Waals surface area contributed by atoms with Gasteiger partial charge in [-0.1, -0.05) is 29.4 Å². The van der Waals surface area contributed by atoms with Gasteiger partial charge in [0.15, 0.2) is 11.5 Å². The molecule has 2 N–H and O–H groups in total. The Kier molecular flexibility index (Phi) is 3.05. The fourth-order valence-corrected chi connectivity index (χ4v) is 2.49. The van der Waals surface area contributed by atoms with E-state index >= 15 is 0 Å². The molecule has 1 aliphatic carbocycles. The van der Waals surface area contributed by atoms with Gasteiger partial charge in [0.25, 0.3) is 0 Å². The summed E-state index contributed by atoms with van der Waals surface area (Å²) in [6.07, 6.45) is 2.13. The number of carboxylic acids is 1. The Balaban J connectivity index is 1.65. The highest BCUT2D eigenvalue weighted by atomic mass is 16.5. The molecule has 1 unspecified atom stereocenters. The molecule has 0 aliphatic heterocycles. The lowest BCUT2D eigenvalue weighted by atomic mass is 10.1. The molecule has 0 spiro atoms. The van der Waals surface area contributed by atoms with Crippen LogP contribution in [0.15, 0.2) is 34.9 Å². The minimum Gasteiger partial charge on any atom is -0.476 e. The second kappa shape index (κ2) is 4.85. The lowest BCUT2D eigenvalue weighted by Crippen LogP contribution is -2.18. The molecule has 1 heterocycles. The maximum atomic E-state index is 10.7. The van der Waals surface area contributed by atoms with Crippen molar-refractivity contribution in [1.82, 2.24) is 10.5 Å². The summed E-state index contributed by atoms with van der Waals surface area (Å²) in [5.41, 5.74) is 2.65. The molecule has 1 aromatic carbocycles. The lowest BCUT2D eigenvalue weighted by Gasteiger charge is -2.12. The average molecular weight is 258 g/mol. The monoisotopic (exact) mass is 258 g/mol. The van der Waals surface area contributed by atoms with Crippen LogP contribution in [0.2, 0.25) is 0 Å². The fraction of sp³-hybridized carbons (Fsp3) is 0.286. The Morgan fingerprint density at radius 1 is 1.47 bits per heavy atom. The minimum atomic E-state index is -1.07. The Bertz CT molecular complexity index is 606. The van der Waals surface area contributed by atoms with Crippen molar-refractivity contribution in [1.29, 1.82) is 0 Å². The molecule has 0 saturated heterocycles. The first kappa shape index (κ1) is 11.9. The van der Waals surface area contributed by atoms with Crippen molar-refractivity contribution >= 4 is 5.97 Å². The summed E-state index contributed by atoms with van der Waals surface area (Å²) < 4.78 is 4.98. The van der Waals surface area contributed by atoms with E-state index in [0.29, 0.717) is 18.3 Å². The SMILES string of the molecule is O=C(O)c1cc(CNC2CCc3ccccc32)on1. The van der Waals surface area contributed by atoms with E-state index in [1.54, 1.807) is 0 Å². The number of hydrogen-bond acceptors (Lipinski definition) is 4. The first-order valence-corrected chi connectivity index (χ1v) is 6.24. The predicted octanol–water partition coefficient (Wildman–Crippen LogP) is 2.15. The molecular formula is C14H14N2O3. The number of hydrogen-bond donors (Lipinski definition) is 2. The van der Waals surface area contributed by atoms with Crippen molar-refractivity contribution in [2.24, 2.45) is 0 Å². The summed E-state index contributed by atoms with van der Waals surface area (Å²) in [7, 11) is 0. The summed E-state index contributed by atoms with van der Waals surface area (Å²) in [5, 5.41) is 15.6. The number of carboxylic acid groups (broad SMARTS) is 1. The second-order valence-electron chi connectivity index (χ2n) is 4.65. The predicted molar refractivity (Wildman–Crippen MR) is 67.8 cm³/mol. The Morgan fingerprint density at radius 2 is 2.32 bits per heavy atom. The molecule has 1 aliphatic rings. The molecule has 2 aromatic rings. The van der Waals surface area contributed by atoms with Gasteiger partial charge in [-0.15, -0.1) is 0 Å². The molecule has 5 heteroatoms. The molecule has 0 bridgehead atoms. The van der Waals surface area contributed by atoms with Crippen LogP contribution >= 0.6 is 0 Å². The van der Waals surface area contributed by atoms with E-state index < -0.39 is 5.97 Å². The third-order valence-corrected chi connectivity index (χ3v) is 3.43. The topological polar surface area (TPSA) is 75.4 Å². The zero-order valence-corrected chi connectivity index (χ0v) is 10.3. The normalized spacial score (nSPS) is 17.4. The number of rotatable bonds is 4. The van der Waals surface area contributed by atoms with Crippen LogP contribution < -0.4 is 5.32 Å². The average Bonchev–Trinajstić information content (AvgIpc) is 3.03. The number of aromatic nitrogens is 1. The molecule has 0 saturated carbocycles. The first-order chi connectivity index (χ1) is 9.24. The zero-order chi connectivity index (χ0) is 13.2. The maximum absolute atomic E-state index is 10.7. The van der Waals surface area contributed by atoms with Gasteiger partial charge < -0.3 is 14.9 Å². The molecule has 98 valence electrons. The van der Waals surface area contributed by atoms with E-state index in [1.165, 1.54) is 17.2 Å². The zero-order valence-electron chi connectivity index (χ0n) is 10.3. The number of nitrogens with one attached hydrogen (secondary N) is 1. The molecule has 0 radical (unpaired) electrons. The van der Waals surface area contributed by atoms with Crippen molar-refractivity contribution in [2.45, 2.75) is 25.4 Å². The van der Waals surface area contributed by atoms with Crippen LogP contribution in [0.1, 0.15) is 39.8 Å². The quantitative estimate of drug-likeness (QED) is 0.878. The molecule has 1 aromatic heterocycles. The summed E-state index contributed by atoms with van der Waals surface area (Å²) in [4.78, 5) is 10.7. The molecule has 5 nitrogen and oxygen atoms in total. The Morgan fingerprint density at radius 3 is 3.11 bits per heavy atom. The number of fused-ring (bicyclic) bond motifs is 1. The molecular weight excluding hydrogens is 244 g/mol. The van der Waals surface area contributed by atoms with Crippen LogP contribution in [0, 0.1) is 0 Å². The highest BCUT2D eigenvalue weighted by Gasteiger charge is 2.21. The number of benzene rings is 1. The van der Waals surface area contributed by atoms with Crippen LogP contribution in [0.4, 0.5) is 0 Å². The molecule has 19 heavy (non-hydrogen) atoms. The third-order valence-electron chi connectivity index (χ3n) is 3.43. The summed E-state index contributed by atoms with van der Waals surface area (Å²) in [6.45, 7) is 0.485. The van der Waals surface area contributed by atoms with Crippen molar-refractivity contribution in [2.75, 3.05) is 0 Å².